The molecule has 5 rings (SSSR count). The van der Waals surface area contributed by atoms with Crippen molar-refractivity contribution in [1.82, 2.24) is 0 Å². The molecule has 0 aromatic heterocycles. The van der Waals surface area contributed by atoms with Gasteiger partial charge in [-0.05, 0) is 48.4 Å². The Morgan fingerprint density at radius 1 is 1.09 bits per heavy atom. The van der Waals surface area contributed by atoms with E-state index in [2.05, 4.69) is 4.99 Å². The number of ether oxygens (including phenoxy) is 1. The number of carbonyl (C=O) groups excluding carboxylic acids is 1. The zero-order chi connectivity index (χ0) is 24.6. The number of hydrogen-bond acceptors (Lipinski definition) is 5. The highest BCUT2D eigenvalue weighted by Gasteiger charge is 2.50. The summed E-state index contributed by atoms with van der Waals surface area (Å²) >= 11 is 7.70. The SMILES string of the molecule is Cc1cccc(Oc2ccc(Cl)cc2N2C(=NC(=O)Cc3ccccc3)S[C@@H]3CS(=O)(=O)C[C@H]32)c1. The van der Waals surface area contributed by atoms with E-state index < -0.39 is 9.84 Å². The zero-order valence-electron chi connectivity index (χ0n) is 18.9. The molecule has 3 aromatic rings. The van der Waals surface area contributed by atoms with Crippen LogP contribution in [-0.2, 0) is 21.1 Å². The molecule has 180 valence electrons. The molecule has 2 aliphatic rings. The number of aliphatic imine (C=N–C) groups is 1. The van der Waals surface area contributed by atoms with Crippen molar-refractivity contribution in [2.45, 2.75) is 24.6 Å². The van der Waals surface area contributed by atoms with Crippen LogP contribution in [0.15, 0.2) is 77.8 Å². The van der Waals surface area contributed by atoms with Gasteiger partial charge >= 0.3 is 0 Å². The second kappa shape index (κ2) is 9.68. The summed E-state index contributed by atoms with van der Waals surface area (Å²) in [4.78, 5) is 19.1. The number of carbonyl (C=O) groups is 1. The third kappa shape index (κ3) is 5.39. The minimum atomic E-state index is -3.21. The number of benzene rings is 3. The molecule has 35 heavy (non-hydrogen) atoms. The number of aryl methyl sites for hydroxylation is 1. The van der Waals surface area contributed by atoms with Crippen molar-refractivity contribution in [3.8, 4) is 11.5 Å². The highest BCUT2D eigenvalue weighted by molar-refractivity contribution is 8.16. The van der Waals surface area contributed by atoms with E-state index >= 15 is 0 Å². The Hall–Kier alpha value is -2.81. The molecule has 0 bridgehead atoms. The molecular formula is C26H23ClN2O4S2. The summed E-state index contributed by atoms with van der Waals surface area (Å²) < 4.78 is 31.1. The molecule has 0 spiro atoms. The number of anilines is 1. The lowest BCUT2D eigenvalue weighted by Gasteiger charge is -2.27. The summed E-state index contributed by atoms with van der Waals surface area (Å²) in [6, 6.07) is 21.9. The number of nitrogens with zero attached hydrogens (tertiary/aromatic N) is 2. The Balaban J connectivity index is 1.54. The quantitative estimate of drug-likeness (QED) is 0.450. The first-order valence-electron chi connectivity index (χ1n) is 11.1. The maximum absolute atomic E-state index is 12.9. The van der Waals surface area contributed by atoms with Gasteiger partial charge < -0.3 is 9.64 Å². The fourth-order valence-corrected chi connectivity index (χ4v) is 8.42. The molecule has 2 aliphatic heterocycles. The van der Waals surface area contributed by atoms with Crippen LogP contribution >= 0.6 is 23.4 Å². The fraction of sp³-hybridized carbons (Fsp3) is 0.231. The zero-order valence-corrected chi connectivity index (χ0v) is 21.3. The highest BCUT2D eigenvalue weighted by atomic mass is 35.5. The summed E-state index contributed by atoms with van der Waals surface area (Å²) in [5.41, 5.74) is 2.50. The Morgan fingerprint density at radius 3 is 2.66 bits per heavy atom. The van der Waals surface area contributed by atoms with E-state index in [0.717, 1.165) is 11.1 Å². The van der Waals surface area contributed by atoms with E-state index in [4.69, 9.17) is 16.3 Å². The number of thioether (sulfide) groups is 1. The number of halogens is 1. The van der Waals surface area contributed by atoms with E-state index in [1.807, 2.05) is 66.4 Å². The number of amides is 1. The van der Waals surface area contributed by atoms with Crippen molar-refractivity contribution in [2.24, 2.45) is 4.99 Å². The largest absolute Gasteiger partial charge is 0.455 e. The van der Waals surface area contributed by atoms with Crippen LogP contribution < -0.4 is 9.64 Å². The first-order chi connectivity index (χ1) is 16.8. The van der Waals surface area contributed by atoms with Crippen molar-refractivity contribution in [3.63, 3.8) is 0 Å². The van der Waals surface area contributed by atoms with Crippen molar-refractivity contribution in [1.29, 1.82) is 0 Å². The Morgan fingerprint density at radius 2 is 1.89 bits per heavy atom. The molecule has 0 saturated carbocycles. The van der Waals surface area contributed by atoms with Gasteiger partial charge in [-0.15, -0.1) is 0 Å². The molecule has 1 amide bonds. The van der Waals surface area contributed by atoms with Gasteiger partial charge in [0.15, 0.2) is 20.8 Å². The number of rotatable bonds is 5. The molecule has 2 saturated heterocycles. The summed E-state index contributed by atoms with van der Waals surface area (Å²) in [5, 5.41) is 0.710. The first-order valence-corrected chi connectivity index (χ1v) is 14.2. The lowest BCUT2D eigenvalue weighted by Crippen LogP contribution is -2.38. The van der Waals surface area contributed by atoms with Crippen LogP contribution in [-0.4, -0.2) is 42.3 Å². The monoisotopic (exact) mass is 526 g/mol. The Kier molecular flexibility index (Phi) is 6.61. The smallest absolute Gasteiger partial charge is 0.252 e. The minimum absolute atomic E-state index is 0.0209. The molecule has 0 aliphatic carbocycles. The van der Waals surface area contributed by atoms with Crippen molar-refractivity contribution < 1.29 is 17.9 Å². The van der Waals surface area contributed by atoms with Gasteiger partial charge in [0.1, 0.15) is 5.75 Å². The molecule has 2 atom stereocenters. The van der Waals surface area contributed by atoms with E-state index in [0.29, 0.717) is 27.4 Å². The van der Waals surface area contributed by atoms with Gasteiger partial charge in [0.2, 0.25) is 0 Å². The number of amidine groups is 1. The van der Waals surface area contributed by atoms with Gasteiger partial charge in [0.25, 0.3) is 5.91 Å². The van der Waals surface area contributed by atoms with Crippen molar-refractivity contribution >= 4 is 50.0 Å². The van der Waals surface area contributed by atoms with Crippen LogP contribution in [0, 0.1) is 6.92 Å². The minimum Gasteiger partial charge on any atom is -0.455 e. The topological polar surface area (TPSA) is 76.0 Å². The summed E-state index contributed by atoms with van der Waals surface area (Å²) in [5.74, 6) is 0.880. The Labute approximate surface area is 213 Å². The molecule has 0 N–H and O–H groups in total. The van der Waals surface area contributed by atoms with Crippen LogP contribution in [0.5, 0.6) is 11.5 Å². The molecule has 2 heterocycles. The standard InChI is InChI=1S/C26H23ClN2O4S2/c1-17-6-5-9-20(12-17)33-23-11-10-19(27)14-21(23)29-22-15-35(31,32)16-24(22)34-26(29)28-25(30)13-18-7-3-2-4-8-18/h2-12,14,22,24H,13,15-16H2,1H3/t22-,24-/m1/s1. The van der Waals surface area contributed by atoms with E-state index in [1.54, 1.807) is 18.2 Å². The number of sulfone groups is 1. The molecular weight excluding hydrogens is 504 g/mol. The van der Waals surface area contributed by atoms with E-state index in [-0.39, 0.29) is 35.1 Å². The van der Waals surface area contributed by atoms with Gasteiger partial charge in [0.05, 0.1) is 29.7 Å². The van der Waals surface area contributed by atoms with Crippen LogP contribution in [0.25, 0.3) is 0 Å². The average molecular weight is 527 g/mol. The number of fused-ring (bicyclic) bond motifs is 1. The van der Waals surface area contributed by atoms with Crippen LogP contribution in [0.3, 0.4) is 0 Å². The molecule has 3 aromatic carbocycles. The molecule has 0 radical (unpaired) electrons. The van der Waals surface area contributed by atoms with Gasteiger partial charge in [0, 0.05) is 10.3 Å². The van der Waals surface area contributed by atoms with Gasteiger partial charge in [-0.25, -0.2) is 8.42 Å². The third-order valence-corrected chi connectivity index (χ3v) is 9.33. The van der Waals surface area contributed by atoms with Crippen LogP contribution in [0.4, 0.5) is 5.69 Å². The first kappa shape index (κ1) is 23.9. The van der Waals surface area contributed by atoms with Gasteiger partial charge in [-0.1, -0.05) is 65.8 Å². The van der Waals surface area contributed by atoms with E-state index in [9.17, 15) is 13.2 Å². The summed E-state index contributed by atoms with van der Waals surface area (Å²) in [6.07, 6.45) is 0.161. The summed E-state index contributed by atoms with van der Waals surface area (Å²) in [7, 11) is -3.21. The lowest BCUT2D eigenvalue weighted by atomic mass is 10.1. The highest BCUT2D eigenvalue weighted by Crippen LogP contribution is 2.45. The van der Waals surface area contributed by atoms with Crippen molar-refractivity contribution in [3.05, 3.63) is 88.9 Å². The second-order valence-corrected chi connectivity index (χ2v) is 12.4. The fourth-order valence-electron chi connectivity index (χ4n) is 4.33. The lowest BCUT2D eigenvalue weighted by molar-refractivity contribution is -0.117. The second-order valence-electron chi connectivity index (χ2n) is 8.65. The molecule has 0 unspecified atom stereocenters. The van der Waals surface area contributed by atoms with Gasteiger partial charge in [-0.3, -0.25) is 4.79 Å². The average Bonchev–Trinajstić information content (AvgIpc) is 3.26. The van der Waals surface area contributed by atoms with Gasteiger partial charge in [-0.2, -0.15) is 4.99 Å². The molecule has 2 fully saturated rings. The Bertz CT molecular complexity index is 1410. The maximum Gasteiger partial charge on any atom is 0.252 e. The van der Waals surface area contributed by atoms with E-state index in [1.165, 1.54) is 11.8 Å². The maximum atomic E-state index is 12.9. The predicted octanol–water partition coefficient (Wildman–Crippen LogP) is 5.28. The normalized spacial score (nSPS) is 21.8. The third-order valence-electron chi connectivity index (χ3n) is 5.88. The van der Waals surface area contributed by atoms with Crippen LogP contribution in [0.1, 0.15) is 11.1 Å². The molecule has 9 heteroatoms. The number of hydrogen-bond donors (Lipinski definition) is 0. The van der Waals surface area contributed by atoms with Crippen molar-refractivity contribution in [2.75, 3.05) is 16.4 Å². The summed E-state index contributed by atoms with van der Waals surface area (Å²) in [6.45, 7) is 1.98. The predicted molar refractivity (Wildman–Crippen MR) is 142 cm³/mol. The molecule has 6 nitrogen and oxygen atoms in total. The van der Waals surface area contributed by atoms with Crippen LogP contribution in [0.2, 0.25) is 5.02 Å².